The number of anilines is 1. The maximum Gasteiger partial charge on any atom is 0.137 e. The number of nitrogens with zero attached hydrogens (tertiary/aromatic N) is 3. The Hall–Kier alpha value is -1.66. The second kappa shape index (κ2) is 6.19. The minimum absolute atomic E-state index is 0.748. The monoisotopic (exact) mass is 348 g/mol. The van der Waals surface area contributed by atoms with E-state index in [1.807, 2.05) is 4.68 Å². The van der Waals surface area contributed by atoms with Gasteiger partial charge in [-0.15, -0.1) is 11.3 Å². The normalized spacial score (nSPS) is 10.7. The van der Waals surface area contributed by atoms with Gasteiger partial charge in [0.2, 0.25) is 0 Å². The quantitative estimate of drug-likeness (QED) is 0.763. The van der Waals surface area contributed by atoms with Gasteiger partial charge in [-0.3, -0.25) is 0 Å². The zero-order valence-corrected chi connectivity index (χ0v) is 13.1. The van der Waals surface area contributed by atoms with Gasteiger partial charge in [-0.2, -0.15) is 5.10 Å². The molecule has 102 valence electrons. The first-order chi connectivity index (χ1) is 9.79. The van der Waals surface area contributed by atoms with Gasteiger partial charge in [-0.1, -0.05) is 12.1 Å². The fourth-order valence-electron chi connectivity index (χ4n) is 1.87. The maximum atomic E-state index is 4.10. The lowest BCUT2D eigenvalue weighted by Gasteiger charge is -2.06. The van der Waals surface area contributed by atoms with Crippen molar-refractivity contribution in [1.29, 1.82) is 0 Å². The minimum Gasteiger partial charge on any atom is -0.380 e. The van der Waals surface area contributed by atoms with Crippen LogP contribution in [0.2, 0.25) is 0 Å². The maximum absolute atomic E-state index is 4.10. The number of benzene rings is 1. The molecule has 0 radical (unpaired) electrons. The van der Waals surface area contributed by atoms with E-state index >= 15 is 0 Å². The Morgan fingerprint density at radius 3 is 2.65 bits per heavy atom. The standard InChI is InChI=1S/C14H13BrN4S/c15-14-6-5-13(20-14)7-17-12-3-1-11(2-4-12)8-19-10-16-9-18-19/h1-6,9-10,17H,7-8H2. The molecule has 2 heterocycles. The zero-order valence-electron chi connectivity index (χ0n) is 10.7. The average molecular weight is 349 g/mol. The van der Waals surface area contributed by atoms with Crippen LogP contribution in [-0.2, 0) is 13.1 Å². The molecular weight excluding hydrogens is 336 g/mol. The molecule has 0 aliphatic heterocycles. The smallest absolute Gasteiger partial charge is 0.137 e. The van der Waals surface area contributed by atoms with Crippen LogP contribution in [0.3, 0.4) is 0 Å². The Morgan fingerprint density at radius 2 is 2.00 bits per heavy atom. The molecule has 20 heavy (non-hydrogen) atoms. The molecule has 4 nitrogen and oxygen atoms in total. The summed E-state index contributed by atoms with van der Waals surface area (Å²) in [7, 11) is 0. The molecule has 6 heteroatoms. The number of aromatic nitrogens is 3. The summed E-state index contributed by atoms with van der Waals surface area (Å²) in [4.78, 5) is 5.25. The lowest BCUT2D eigenvalue weighted by molar-refractivity contribution is 0.685. The molecule has 0 spiro atoms. The Bertz CT molecular complexity index is 661. The highest BCUT2D eigenvalue weighted by atomic mass is 79.9. The molecule has 0 unspecified atom stereocenters. The third-order valence-corrected chi connectivity index (χ3v) is 4.48. The number of hydrogen-bond donors (Lipinski definition) is 1. The van der Waals surface area contributed by atoms with Crippen molar-refractivity contribution in [1.82, 2.24) is 14.8 Å². The van der Waals surface area contributed by atoms with Gasteiger partial charge < -0.3 is 5.32 Å². The van der Waals surface area contributed by atoms with Gasteiger partial charge in [0.15, 0.2) is 0 Å². The zero-order chi connectivity index (χ0) is 13.8. The van der Waals surface area contributed by atoms with E-state index in [0.29, 0.717) is 0 Å². The topological polar surface area (TPSA) is 42.7 Å². The van der Waals surface area contributed by atoms with Crippen molar-refractivity contribution in [3.8, 4) is 0 Å². The molecular formula is C14H13BrN4S. The Kier molecular flexibility index (Phi) is 4.13. The van der Waals surface area contributed by atoms with Gasteiger partial charge in [0.1, 0.15) is 12.7 Å². The van der Waals surface area contributed by atoms with E-state index in [1.54, 1.807) is 24.0 Å². The van der Waals surface area contributed by atoms with Crippen LogP contribution in [0.25, 0.3) is 0 Å². The van der Waals surface area contributed by atoms with Crippen LogP contribution < -0.4 is 5.32 Å². The second-order valence-corrected chi connectivity index (χ2v) is 6.90. The van der Waals surface area contributed by atoms with Crippen molar-refractivity contribution in [3.05, 3.63) is 63.3 Å². The first-order valence-corrected chi connectivity index (χ1v) is 7.80. The van der Waals surface area contributed by atoms with Crippen molar-refractivity contribution in [2.24, 2.45) is 0 Å². The third-order valence-electron chi connectivity index (χ3n) is 2.86. The van der Waals surface area contributed by atoms with E-state index < -0.39 is 0 Å². The van der Waals surface area contributed by atoms with E-state index in [2.05, 4.69) is 67.7 Å². The highest BCUT2D eigenvalue weighted by molar-refractivity contribution is 9.11. The van der Waals surface area contributed by atoms with Crippen molar-refractivity contribution in [3.63, 3.8) is 0 Å². The van der Waals surface area contributed by atoms with Gasteiger partial charge in [0.25, 0.3) is 0 Å². The molecule has 0 amide bonds. The Balaban J connectivity index is 1.58. The molecule has 2 aromatic heterocycles. The summed E-state index contributed by atoms with van der Waals surface area (Å²) in [5.41, 5.74) is 2.33. The molecule has 0 saturated heterocycles. The summed E-state index contributed by atoms with van der Waals surface area (Å²) < 4.78 is 2.98. The lowest BCUT2D eigenvalue weighted by atomic mass is 10.2. The predicted octanol–water partition coefficient (Wildman–Crippen LogP) is 3.76. The Morgan fingerprint density at radius 1 is 1.15 bits per heavy atom. The van der Waals surface area contributed by atoms with Gasteiger partial charge in [0, 0.05) is 17.1 Å². The SMILES string of the molecule is Brc1ccc(CNc2ccc(Cn3cncn3)cc2)s1. The first kappa shape index (κ1) is 13.3. The highest BCUT2D eigenvalue weighted by Gasteiger charge is 1.99. The van der Waals surface area contributed by atoms with E-state index in [9.17, 15) is 0 Å². The van der Waals surface area contributed by atoms with Crippen LogP contribution in [0, 0.1) is 0 Å². The number of thiophene rings is 1. The molecule has 0 bridgehead atoms. The van der Waals surface area contributed by atoms with Crippen LogP contribution in [-0.4, -0.2) is 14.8 Å². The average Bonchev–Trinajstić information content (AvgIpc) is 3.10. The summed E-state index contributed by atoms with van der Waals surface area (Å²) in [6, 6.07) is 12.6. The minimum atomic E-state index is 0.748. The number of rotatable bonds is 5. The molecule has 3 aromatic rings. The number of hydrogen-bond acceptors (Lipinski definition) is 4. The van der Waals surface area contributed by atoms with Crippen molar-refractivity contribution >= 4 is 33.0 Å². The molecule has 0 fully saturated rings. The van der Waals surface area contributed by atoms with Gasteiger partial charge in [-0.05, 0) is 45.8 Å². The summed E-state index contributed by atoms with van der Waals surface area (Å²) in [5, 5.41) is 7.51. The summed E-state index contributed by atoms with van der Waals surface area (Å²) in [6.07, 6.45) is 3.27. The number of halogens is 1. The van der Waals surface area contributed by atoms with Crippen molar-refractivity contribution in [2.75, 3.05) is 5.32 Å². The van der Waals surface area contributed by atoms with E-state index in [4.69, 9.17) is 0 Å². The summed E-state index contributed by atoms with van der Waals surface area (Å²) >= 11 is 5.22. The van der Waals surface area contributed by atoms with Crippen LogP contribution in [0.1, 0.15) is 10.4 Å². The summed E-state index contributed by atoms with van der Waals surface area (Å²) in [5.74, 6) is 0. The van der Waals surface area contributed by atoms with E-state index in [-0.39, 0.29) is 0 Å². The van der Waals surface area contributed by atoms with E-state index in [0.717, 1.165) is 22.6 Å². The number of nitrogens with one attached hydrogen (secondary N) is 1. The molecule has 0 saturated carbocycles. The van der Waals surface area contributed by atoms with Crippen molar-refractivity contribution in [2.45, 2.75) is 13.1 Å². The first-order valence-electron chi connectivity index (χ1n) is 6.19. The summed E-state index contributed by atoms with van der Waals surface area (Å²) in [6.45, 7) is 1.59. The fourth-order valence-corrected chi connectivity index (χ4v) is 3.29. The van der Waals surface area contributed by atoms with Gasteiger partial charge >= 0.3 is 0 Å². The highest BCUT2D eigenvalue weighted by Crippen LogP contribution is 2.23. The van der Waals surface area contributed by atoms with Crippen LogP contribution in [0.5, 0.6) is 0 Å². The lowest BCUT2D eigenvalue weighted by Crippen LogP contribution is -2.01. The third kappa shape index (κ3) is 3.46. The van der Waals surface area contributed by atoms with Gasteiger partial charge in [-0.25, -0.2) is 9.67 Å². The molecule has 1 N–H and O–H groups in total. The van der Waals surface area contributed by atoms with Gasteiger partial charge in [0.05, 0.1) is 10.3 Å². The largest absolute Gasteiger partial charge is 0.380 e. The molecule has 0 aliphatic carbocycles. The fraction of sp³-hybridized carbons (Fsp3) is 0.143. The van der Waals surface area contributed by atoms with Crippen LogP contribution in [0.15, 0.2) is 52.8 Å². The Labute approximate surface area is 129 Å². The molecule has 0 atom stereocenters. The van der Waals surface area contributed by atoms with E-state index in [1.165, 1.54) is 10.4 Å². The van der Waals surface area contributed by atoms with Crippen LogP contribution >= 0.6 is 27.3 Å². The van der Waals surface area contributed by atoms with Crippen LogP contribution in [0.4, 0.5) is 5.69 Å². The van der Waals surface area contributed by atoms with Crippen molar-refractivity contribution < 1.29 is 0 Å². The molecule has 3 rings (SSSR count). The second-order valence-electron chi connectivity index (χ2n) is 4.35. The molecule has 1 aromatic carbocycles. The molecule has 0 aliphatic rings. The predicted molar refractivity (Wildman–Crippen MR) is 84.9 cm³/mol.